The molecule has 0 N–H and O–H groups in total. The summed E-state index contributed by atoms with van der Waals surface area (Å²) in [6.07, 6.45) is 6.11. The number of ether oxygens (including phenoxy) is 1. The van der Waals surface area contributed by atoms with Crippen molar-refractivity contribution in [3.63, 3.8) is 0 Å². The average Bonchev–Trinajstić information content (AvgIpc) is 3.33. The number of amides is 1. The second-order valence-corrected chi connectivity index (χ2v) is 6.96. The van der Waals surface area contributed by atoms with E-state index >= 15 is 0 Å². The molecule has 1 amide bonds. The van der Waals surface area contributed by atoms with Crippen LogP contribution in [-0.2, 0) is 9.63 Å². The smallest absolute Gasteiger partial charge is 0.225 e. The monoisotopic (exact) mass is 344 g/mol. The van der Waals surface area contributed by atoms with Gasteiger partial charge in [0.15, 0.2) is 6.10 Å². The van der Waals surface area contributed by atoms with E-state index in [1.807, 2.05) is 29.2 Å². The molecule has 2 aliphatic rings. The molecular weight excluding hydrogens is 316 g/mol. The van der Waals surface area contributed by atoms with Crippen molar-refractivity contribution in [3.8, 4) is 5.75 Å². The first kappa shape index (κ1) is 17.8. The quantitative estimate of drug-likeness (QED) is 0.759. The first-order chi connectivity index (χ1) is 12.2. The summed E-state index contributed by atoms with van der Waals surface area (Å²) in [5.41, 5.74) is 1.99. The molecule has 1 heterocycles. The maximum absolute atomic E-state index is 12.8. The van der Waals surface area contributed by atoms with Gasteiger partial charge in [-0.3, -0.25) is 4.79 Å². The highest BCUT2D eigenvalue weighted by atomic mass is 16.6. The lowest BCUT2D eigenvalue weighted by Gasteiger charge is -2.27. The Labute approximate surface area is 150 Å². The third-order valence-electron chi connectivity index (χ3n) is 5.09. The molecule has 136 valence electrons. The van der Waals surface area contributed by atoms with Crippen LogP contribution in [0.3, 0.4) is 0 Å². The Morgan fingerprint density at radius 2 is 2.00 bits per heavy atom. The van der Waals surface area contributed by atoms with E-state index in [2.05, 4.69) is 12.1 Å². The first-order valence-corrected chi connectivity index (χ1v) is 9.37. The van der Waals surface area contributed by atoms with Crippen molar-refractivity contribution in [2.75, 3.05) is 20.2 Å². The van der Waals surface area contributed by atoms with Crippen molar-refractivity contribution < 1.29 is 14.4 Å². The zero-order valence-electron chi connectivity index (χ0n) is 15.2. The van der Waals surface area contributed by atoms with E-state index in [0.29, 0.717) is 12.5 Å². The summed E-state index contributed by atoms with van der Waals surface area (Å²) in [7, 11) is 1.66. The standard InChI is InChI=1S/C20H28N2O3/c1-3-12-22(20(23)16-6-4-5-7-16)14-18-13-19(21-25-18)15-8-10-17(24-2)11-9-15/h8-11,16,18H,3-7,12-14H2,1-2H3/t18-/m1/s1. The number of hydrogen-bond acceptors (Lipinski definition) is 4. The van der Waals surface area contributed by atoms with Crippen molar-refractivity contribution in [3.05, 3.63) is 29.8 Å². The Morgan fingerprint density at radius 3 is 2.64 bits per heavy atom. The lowest BCUT2D eigenvalue weighted by molar-refractivity contribution is -0.137. The molecule has 0 unspecified atom stereocenters. The van der Waals surface area contributed by atoms with Crippen LogP contribution < -0.4 is 4.74 Å². The fraction of sp³-hybridized carbons (Fsp3) is 0.600. The molecule has 0 radical (unpaired) electrons. The molecule has 0 saturated heterocycles. The van der Waals surface area contributed by atoms with Gasteiger partial charge in [0.05, 0.1) is 19.4 Å². The number of benzene rings is 1. The third kappa shape index (κ3) is 4.33. The first-order valence-electron chi connectivity index (χ1n) is 9.37. The van der Waals surface area contributed by atoms with Crippen LogP contribution in [-0.4, -0.2) is 42.8 Å². The van der Waals surface area contributed by atoms with Gasteiger partial charge in [0.2, 0.25) is 5.91 Å². The summed E-state index contributed by atoms with van der Waals surface area (Å²) in [6.45, 7) is 3.54. The van der Waals surface area contributed by atoms with Crippen molar-refractivity contribution >= 4 is 11.6 Å². The maximum Gasteiger partial charge on any atom is 0.225 e. The minimum absolute atomic E-state index is 0.0472. The molecule has 1 aromatic rings. The molecule has 1 fully saturated rings. The molecule has 3 rings (SSSR count). The summed E-state index contributed by atoms with van der Waals surface area (Å²) in [5, 5.41) is 4.25. The summed E-state index contributed by atoms with van der Waals surface area (Å²) in [6, 6.07) is 7.85. The van der Waals surface area contributed by atoms with Crippen molar-refractivity contribution in [1.82, 2.24) is 4.90 Å². The van der Waals surface area contributed by atoms with Crippen molar-refractivity contribution in [2.45, 2.75) is 51.6 Å². The molecule has 1 aromatic carbocycles. The van der Waals surface area contributed by atoms with Gasteiger partial charge in [0.25, 0.3) is 0 Å². The average molecular weight is 344 g/mol. The Morgan fingerprint density at radius 1 is 1.28 bits per heavy atom. The van der Waals surface area contributed by atoms with Gasteiger partial charge >= 0.3 is 0 Å². The molecule has 0 spiro atoms. The van der Waals surface area contributed by atoms with E-state index in [4.69, 9.17) is 9.57 Å². The van der Waals surface area contributed by atoms with Crippen LogP contribution >= 0.6 is 0 Å². The summed E-state index contributed by atoms with van der Waals surface area (Å²) in [5.74, 6) is 1.35. The molecule has 5 heteroatoms. The van der Waals surface area contributed by atoms with Gasteiger partial charge in [0.1, 0.15) is 5.75 Å². The van der Waals surface area contributed by atoms with Crippen molar-refractivity contribution in [2.24, 2.45) is 11.1 Å². The predicted molar refractivity (Wildman–Crippen MR) is 97.9 cm³/mol. The van der Waals surface area contributed by atoms with Gasteiger partial charge in [-0.25, -0.2) is 0 Å². The van der Waals surface area contributed by atoms with Crippen LogP contribution in [0.1, 0.15) is 51.0 Å². The number of oxime groups is 1. The van der Waals surface area contributed by atoms with Gasteiger partial charge in [-0.15, -0.1) is 0 Å². The zero-order valence-corrected chi connectivity index (χ0v) is 15.2. The van der Waals surface area contributed by atoms with Crippen LogP contribution in [0.15, 0.2) is 29.4 Å². The zero-order chi connectivity index (χ0) is 17.6. The fourth-order valence-corrected chi connectivity index (χ4v) is 3.72. The topological polar surface area (TPSA) is 51.1 Å². The van der Waals surface area contributed by atoms with E-state index in [1.54, 1.807) is 7.11 Å². The van der Waals surface area contributed by atoms with E-state index in [0.717, 1.165) is 49.3 Å². The number of methoxy groups -OCH3 is 1. The number of nitrogens with zero attached hydrogens (tertiary/aromatic N) is 2. The molecule has 25 heavy (non-hydrogen) atoms. The molecule has 1 aliphatic heterocycles. The number of carbonyl (C=O) groups excluding carboxylic acids is 1. The molecule has 1 aliphatic carbocycles. The molecular formula is C20H28N2O3. The van der Waals surface area contributed by atoms with Crippen LogP contribution in [0.2, 0.25) is 0 Å². The summed E-state index contributed by atoms with van der Waals surface area (Å²) < 4.78 is 5.19. The van der Waals surface area contributed by atoms with Crippen LogP contribution in [0.5, 0.6) is 5.75 Å². The van der Waals surface area contributed by atoms with Gasteiger partial charge in [-0.2, -0.15) is 0 Å². The van der Waals surface area contributed by atoms with Crippen molar-refractivity contribution in [1.29, 1.82) is 0 Å². The van der Waals surface area contributed by atoms with E-state index in [-0.39, 0.29) is 12.0 Å². The number of rotatable bonds is 7. The summed E-state index contributed by atoms with van der Waals surface area (Å²) in [4.78, 5) is 20.4. The number of hydrogen-bond donors (Lipinski definition) is 0. The minimum Gasteiger partial charge on any atom is -0.497 e. The molecule has 5 nitrogen and oxygen atoms in total. The Bertz CT molecular complexity index is 606. The van der Waals surface area contributed by atoms with E-state index in [9.17, 15) is 4.79 Å². The lowest BCUT2D eigenvalue weighted by Crippen LogP contribution is -2.41. The van der Waals surface area contributed by atoms with Crippen LogP contribution in [0, 0.1) is 5.92 Å². The Kier molecular flexibility index (Phi) is 5.95. The summed E-state index contributed by atoms with van der Waals surface area (Å²) >= 11 is 0. The van der Waals surface area contributed by atoms with Crippen LogP contribution in [0.25, 0.3) is 0 Å². The minimum atomic E-state index is -0.0472. The molecule has 0 bridgehead atoms. The van der Waals surface area contributed by atoms with E-state index < -0.39 is 0 Å². The van der Waals surface area contributed by atoms with Gasteiger partial charge < -0.3 is 14.5 Å². The molecule has 0 aromatic heterocycles. The normalized spacial score (nSPS) is 20.2. The second-order valence-electron chi connectivity index (χ2n) is 6.96. The SMILES string of the molecule is CCCN(C[C@H]1CC(c2ccc(OC)cc2)=NO1)C(=O)C1CCCC1. The highest BCUT2D eigenvalue weighted by Crippen LogP contribution is 2.27. The molecule has 1 atom stereocenters. The van der Waals surface area contributed by atoms with Crippen LogP contribution in [0.4, 0.5) is 0 Å². The Hall–Kier alpha value is -2.04. The second kappa shape index (κ2) is 8.37. The predicted octanol–water partition coefficient (Wildman–Crippen LogP) is 3.62. The maximum atomic E-state index is 12.8. The van der Waals surface area contributed by atoms with Gasteiger partial charge in [-0.1, -0.05) is 24.9 Å². The van der Waals surface area contributed by atoms with E-state index in [1.165, 1.54) is 12.8 Å². The number of carbonyl (C=O) groups is 1. The third-order valence-corrected chi connectivity index (χ3v) is 5.09. The largest absolute Gasteiger partial charge is 0.497 e. The highest BCUT2D eigenvalue weighted by Gasteiger charge is 2.31. The molecule has 1 saturated carbocycles. The highest BCUT2D eigenvalue weighted by molar-refractivity contribution is 6.01. The van der Waals surface area contributed by atoms with Gasteiger partial charge in [-0.05, 0) is 49.1 Å². The van der Waals surface area contributed by atoms with Gasteiger partial charge in [0, 0.05) is 18.9 Å². The Balaban J connectivity index is 1.58. The fourth-order valence-electron chi connectivity index (χ4n) is 3.72. The lowest BCUT2D eigenvalue weighted by atomic mass is 10.0.